The Morgan fingerprint density at radius 3 is 2.71 bits per heavy atom. The van der Waals surface area contributed by atoms with Gasteiger partial charge in [0.25, 0.3) is 0 Å². The molecule has 2 aromatic carbocycles. The SMILES string of the molecule is COCC1=Nc2ccnn2C(c2ccc(Cl)c(Cl)c2)C1c1nc2c(F)cccc2n1C. The molecule has 3 heterocycles. The van der Waals surface area contributed by atoms with Gasteiger partial charge in [0.15, 0.2) is 11.6 Å². The average molecular weight is 458 g/mol. The van der Waals surface area contributed by atoms with Crippen molar-refractivity contribution in [2.75, 3.05) is 13.7 Å². The topological polar surface area (TPSA) is 57.2 Å². The third kappa shape index (κ3) is 3.24. The lowest BCUT2D eigenvalue weighted by atomic mass is 9.87. The van der Waals surface area contributed by atoms with E-state index in [2.05, 4.69) is 5.10 Å². The van der Waals surface area contributed by atoms with Crippen LogP contribution in [0, 0.1) is 5.82 Å². The Bertz CT molecular complexity index is 1330. The number of nitrogens with zero attached hydrogens (tertiary/aromatic N) is 5. The zero-order chi connectivity index (χ0) is 21.7. The highest BCUT2D eigenvalue weighted by atomic mass is 35.5. The number of hydrogen-bond donors (Lipinski definition) is 0. The molecule has 158 valence electrons. The van der Waals surface area contributed by atoms with Gasteiger partial charge in [0, 0.05) is 20.2 Å². The molecule has 2 atom stereocenters. The first-order valence-corrected chi connectivity index (χ1v) is 10.4. The Balaban J connectivity index is 1.78. The molecule has 5 rings (SSSR count). The quantitative estimate of drug-likeness (QED) is 0.416. The first-order chi connectivity index (χ1) is 15.0. The van der Waals surface area contributed by atoms with Crippen LogP contribution in [0.1, 0.15) is 23.3 Å². The van der Waals surface area contributed by atoms with Crippen molar-refractivity contribution in [3.63, 3.8) is 0 Å². The highest BCUT2D eigenvalue weighted by Crippen LogP contribution is 2.43. The monoisotopic (exact) mass is 457 g/mol. The summed E-state index contributed by atoms with van der Waals surface area (Å²) < 4.78 is 23.7. The summed E-state index contributed by atoms with van der Waals surface area (Å²) in [6.07, 6.45) is 1.70. The number of hydrogen-bond acceptors (Lipinski definition) is 4. The first kappa shape index (κ1) is 20.2. The summed E-state index contributed by atoms with van der Waals surface area (Å²) >= 11 is 12.5. The Labute approximate surface area is 187 Å². The second-order valence-corrected chi connectivity index (χ2v) is 8.22. The summed E-state index contributed by atoms with van der Waals surface area (Å²) in [6.45, 7) is 0.291. The third-order valence-corrected chi connectivity index (χ3v) is 6.34. The van der Waals surface area contributed by atoms with Gasteiger partial charge in [0.05, 0.1) is 46.0 Å². The smallest absolute Gasteiger partial charge is 0.151 e. The van der Waals surface area contributed by atoms with E-state index in [1.807, 2.05) is 40.6 Å². The lowest BCUT2D eigenvalue weighted by Crippen LogP contribution is -2.33. The number of halogens is 3. The van der Waals surface area contributed by atoms with E-state index < -0.39 is 0 Å². The van der Waals surface area contributed by atoms with Crippen LogP contribution >= 0.6 is 23.2 Å². The van der Waals surface area contributed by atoms with Gasteiger partial charge in [-0.1, -0.05) is 35.3 Å². The maximum absolute atomic E-state index is 14.5. The number of aryl methyl sites for hydroxylation is 1. The van der Waals surface area contributed by atoms with Crippen molar-refractivity contribution in [2.45, 2.75) is 12.0 Å². The molecule has 0 amide bonds. The van der Waals surface area contributed by atoms with Crippen LogP contribution in [0.4, 0.5) is 10.2 Å². The van der Waals surface area contributed by atoms with Gasteiger partial charge in [-0.25, -0.2) is 19.0 Å². The van der Waals surface area contributed by atoms with E-state index in [-0.39, 0.29) is 17.8 Å². The highest BCUT2D eigenvalue weighted by Gasteiger charge is 2.39. The first-order valence-electron chi connectivity index (χ1n) is 9.65. The van der Waals surface area contributed by atoms with Gasteiger partial charge in [-0.3, -0.25) is 0 Å². The number of benzene rings is 2. The molecule has 4 aromatic rings. The fourth-order valence-electron chi connectivity index (χ4n) is 4.22. The minimum atomic E-state index is -0.369. The van der Waals surface area contributed by atoms with Gasteiger partial charge in [0.2, 0.25) is 0 Å². The van der Waals surface area contributed by atoms with Crippen molar-refractivity contribution in [1.82, 2.24) is 19.3 Å². The molecule has 0 N–H and O–H groups in total. The maximum Gasteiger partial charge on any atom is 0.151 e. The average Bonchev–Trinajstić information content (AvgIpc) is 3.35. The molecule has 0 saturated heterocycles. The largest absolute Gasteiger partial charge is 0.379 e. The van der Waals surface area contributed by atoms with Gasteiger partial charge < -0.3 is 9.30 Å². The predicted molar refractivity (Wildman–Crippen MR) is 119 cm³/mol. The fraction of sp³-hybridized carbons (Fsp3) is 0.227. The molecule has 1 aliphatic rings. The van der Waals surface area contributed by atoms with Crippen LogP contribution in [-0.4, -0.2) is 38.8 Å². The molecular weight excluding hydrogens is 440 g/mol. The zero-order valence-electron chi connectivity index (χ0n) is 16.8. The van der Waals surface area contributed by atoms with E-state index in [1.54, 1.807) is 25.4 Å². The van der Waals surface area contributed by atoms with Crippen LogP contribution in [0.3, 0.4) is 0 Å². The number of fused-ring (bicyclic) bond motifs is 2. The van der Waals surface area contributed by atoms with Crippen LogP contribution in [0.5, 0.6) is 0 Å². The Hall–Kier alpha value is -2.74. The second-order valence-electron chi connectivity index (χ2n) is 7.40. The van der Waals surface area contributed by atoms with Crippen molar-refractivity contribution < 1.29 is 9.13 Å². The van der Waals surface area contributed by atoms with Crippen LogP contribution in [0.15, 0.2) is 53.7 Å². The van der Waals surface area contributed by atoms with Crippen molar-refractivity contribution in [2.24, 2.45) is 12.0 Å². The number of para-hydroxylation sites is 1. The summed E-state index contributed by atoms with van der Waals surface area (Å²) in [7, 11) is 3.49. The Morgan fingerprint density at radius 2 is 1.97 bits per heavy atom. The Kier molecular flexibility index (Phi) is 5.04. The molecule has 0 aliphatic carbocycles. The van der Waals surface area contributed by atoms with Crippen LogP contribution in [-0.2, 0) is 11.8 Å². The van der Waals surface area contributed by atoms with Crippen molar-refractivity contribution in [3.05, 3.63) is 75.9 Å². The molecular formula is C22H18Cl2FN5O. The summed E-state index contributed by atoms with van der Waals surface area (Å²) in [5.74, 6) is 0.630. The van der Waals surface area contributed by atoms with Crippen LogP contribution in [0.2, 0.25) is 10.0 Å². The molecule has 6 nitrogen and oxygen atoms in total. The van der Waals surface area contributed by atoms with E-state index >= 15 is 0 Å². The van der Waals surface area contributed by atoms with E-state index in [9.17, 15) is 4.39 Å². The molecule has 1 aliphatic heterocycles. The minimum Gasteiger partial charge on any atom is -0.379 e. The highest BCUT2D eigenvalue weighted by molar-refractivity contribution is 6.42. The summed E-state index contributed by atoms with van der Waals surface area (Å²) in [5, 5.41) is 5.43. The second kappa shape index (κ2) is 7.75. The number of aromatic nitrogens is 4. The van der Waals surface area contributed by atoms with E-state index in [1.165, 1.54) is 6.07 Å². The van der Waals surface area contributed by atoms with E-state index in [0.717, 1.165) is 11.3 Å². The molecule has 0 radical (unpaired) electrons. The van der Waals surface area contributed by atoms with Crippen molar-refractivity contribution >= 4 is 45.8 Å². The normalized spacial score (nSPS) is 18.3. The zero-order valence-corrected chi connectivity index (χ0v) is 18.3. The van der Waals surface area contributed by atoms with Crippen LogP contribution in [0.25, 0.3) is 11.0 Å². The van der Waals surface area contributed by atoms with Gasteiger partial charge in [-0.05, 0) is 29.8 Å². The summed E-state index contributed by atoms with van der Waals surface area (Å²) in [5.41, 5.74) is 2.67. The number of imidazole rings is 1. The number of aliphatic imine (C=N–C) groups is 1. The fourth-order valence-corrected chi connectivity index (χ4v) is 4.52. The van der Waals surface area contributed by atoms with Crippen molar-refractivity contribution in [1.29, 1.82) is 0 Å². The molecule has 0 fully saturated rings. The van der Waals surface area contributed by atoms with Crippen LogP contribution < -0.4 is 0 Å². The maximum atomic E-state index is 14.5. The number of ether oxygens (including phenoxy) is 1. The molecule has 2 aromatic heterocycles. The van der Waals surface area contributed by atoms with Gasteiger partial charge in [0.1, 0.15) is 11.3 Å². The van der Waals surface area contributed by atoms with Gasteiger partial charge in [-0.15, -0.1) is 0 Å². The molecule has 0 spiro atoms. The Morgan fingerprint density at radius 1 is 1.13 bits per heavy atom. The molecule has 2 unspecified atom stereocenters. The predicted octanol–water partition coefficient (Wildman–Crippen LogP) is 5.32. The lowest BCUT2D eigenvalue weighted by molar-refractivity contribution is 0.239. The number of methoxy groups -OCH3 is 1. The van der Waals surface area contributed by atoms with Crippen molar-refractivity contribution in [3.8, 4) is 0 Å². The van der Waals surface area contributed by atoms with E-state index in [4.69, 9.17) is 37.9 Å². The van der Waals surface area contributed by atoms with Gasteiger partial charge >= 0.3 is 0 Å². The molecule has 0 saturated carbocycles. The third-order valence-electron chi connectivity index (χ3n) is 5.60. The molecule has 0 bridgehead atoms. The standard InChI is InChI=1S/C22H18Cl2FN5O/c1-29-17-5-3-4-15(25)20(17)28-22(29)19-16(11-31-2)27-18-8-9-26-30(18)21(19)12-6-7-13(23)14(24)10-12/h3-10,19,21H,11H2,1-2H3. The van der Waals surface area contributed by atoms with Gasteiger partial charge in [-0.2, -0.15) is 5.10 Å². The van der Waals surface area contributed by atoms with E-state index in [0.29, 0.717) is 39.3 Å². The summed E-state index contributed by atoms with van der Waals surface area (Å²) in [4.78, 5) is 9.48. The minimum absolute atomic E-state index is 0.291. The lowest BCUT2D eigenvalue weighted by Gasteiger charge is -2.32. The number of rotatable bonds is 4. The summed E-state index contributed by atoms with van der Waals surface area (Å²) in [6, 6.07) is 11.9. The molecule has 9 heteroatoms. The molecule has 31 heavy (non-hydrogen) atoms.